The highest BCUT2D eigenvalue weighted by Gasteiger charge is 2.00. The number of aromatic amines is 1. The number of rotatable bonds is 1. The van der Waals surface area contributed by atoms with Gasteiger partial charge in [-0.2, -0.15) is 0 Å². The van der Waals surface area contributed by atoms with Gasteiger partial charge in [0.2, 0.25) is 0 Å². The fourth-order valence-electron chi connectivity index (χ4n) is 2.47. The largest absolute Gasteiger partial charge is 0.355 e. The third kappa shape index (κ3) is 3.22. The molecule has 0 aliphatic heterocycles. The van der Waals surface area contributed by atoms with Gasteiger partial charge in [0, 0.05) is 27.4 Å². The average Bonchev–Trinajstić information content (AvgIpc) is 3.01. The molecule has 0 radical (unpaired) electrons. The molecule has 3 aromatic carbocycles. The Morgan fingerprint density at radius 1 is 0.739 bits per heavy atom. The van der Waals surface area contributed by atoms with Crippen molar-refractivity contribution in [3.05, 3.63) is 84.4 Å². The van der Waals surface area contributed by atoms with E-state index in [0.29, 0.717) is 5.56 Å². The first kappa shape index (κ1) is 14.8. The molecule has 4 N–H and O–H groups in total. The second kappa shape index (κ2) is 6.77. The maximum absolute atomic E-state index is 10.8. The summed E-state index contributed by atoms with van der Waals surface area (Å²) in [5, 5.41) is 2.61. The van der Waals surface area contributed by atoms with Crippen molar-refractivity contribution in [2.24, 2.45) is 5.84 Å². The molecule has 4 heteroatoms. The predicted octanol–water partition coefficient (Wildman–Crippen LogP) is 3.61. The lowest BCUT2D eigenvalue weighted by molar-refractivity contribution is 0.0953. The van der Waals surface area contributed by atoms with E-state index in [4.69, 9.17) is 5.84 Å². The topological polar surface area (TPSA) is 70.9 Å². The predicted molar refractivity (Wildman–Crippen MR) is 93.9 cm³/mol. The molecule has 0 bridgehead atoms. The Kier molecular flexibility index (Phi) is 4.36. The Labute approximate surface area is 133 Å². The Balaban J connectivity index is 0.000000142. The van der Waals surface area contributed by atoms with Crippen LogP contribution in [0.2, 0.25) is 0 Å². The molecule has 4 aromatic rings. The third-order valence-electron chi connectivity index (χ3n) is 3.58. The van der Waals surface area contributed by atoms with E-state index in [1.807, 2.05) is 11.5 Å². The molecule has 4 rings (SSSR count). The van der Waals surface area contributed by atoms with Gasteiger partial charge in [0.1, 0.15) is 0 Å². The second-order valence-corrected chi connectivity index (χ2v) is 5.06. The number of hydrogen-bond donors (Lipinski definition) is 3. The Hall–Kier alpha value is -3.11. The lowest BCUT2D eigenvalue weighted by Gasteiger charge is -1.95. The number of nitrogens with two attached hydrogens (primary N) is 1. The minimum absolute atomic E-state index is 0.263. The van der Waals surface area contributed by atoms with Crippen molar-refractivity contribution in [1.29, 1.82) is 0 Å². The smallest absolute Gasteiger partial charge is 0.265 e. The van der Waals surface area contributed by atoms with Crippen molar-refractivity contribution >= 4 is 27.7 Å². The zero-order chi connectivity index (χ0) is 16.1. The fraction of sp³-hybridized carbons (Fsp3) is 0. The molecule has 114 valence electrons. The van der Waals surface area contributed by atoms with Gasteiger partial charge >= 0.3 is 0 Å². The number of carbonyl (C=O) groups is 1. The van der Waals surface area contributed by atoms with E-state index in [0.717, 1.165) is 0 Å². The zero-order valence-corrected chi connectivity index (χ0v) is 12.5. The van der Waals surface area contributed by atoms with Crippen LogP contribution in [0.3, 0.4) is 0 Å². The van der Waals surface area contributed by atoms with Crippen LogP contribution in [-0.2, 0) is 0 Å². The highest BCUT2D eigenvalue weighted by atomic mass is 16.2. The fourth-order valence-corrected chi connectivity index (χ4v) is 2.47. The number of fused-ring (bicyclic) bond motifs is 3. The van der Waals surface area contributed by atoms with Crippen LogP contribution in [0.15, 0.2) is 78.9 Å². The molecule has 0 atom stereocenters. The number of benzene rings is 3. The van der Waals surface area contributed by atoms with Gasteiger partial charge in [0.25, 0.3) is 5.91 Å². The quantitative estimate of drug-likeness (QED) is 0.285. The first-order valence-electron chi connectivity index (χ1n) is 7.31. The van der Waals surface area contributed by atoms with Gasteiger partial charge < -0.3 is 4.98 Å². The van der Waals surface area contributed by atoms with Crippen molar-refractivity contribution in [3.8, 4) is 0 Å². The van der Waals surface area contributed by atoms with Crippen molar-refractivity contribution in [2.45, 2.75) is 0 Å². The van der Waals surface area contributed by atoms with Gasteiger partial charge in [-0.1, -0.05) is 54.6 Å². The van der Waals surface area contributed by atoms with Crippen molar-refractivity contribution in [2.75, 3.05) is 0 Å². The minimum atomic E-state index is -0.263. The molecule has 0 saturated carbocycles. The van der Waals surface area contributed by atoms with Gasteiger partial charge in [-0.3, -0.25) is 10.2 Å². The number of carbonyl (C=O) groups excluding carboxylic acids is 1. The van der Waals surface area contributed by atoms with Crippen LogP contribution < -0.4 is 11.3 Å². The van der Waals surface area contributed by atoms with E-state index in [9.17, 15) is 4.79 Å². The molecule has 0 unspecified atom stereocenters. The molecule has 0 spiro atoms. The molecule has 0 fully saturated rings. The van der Waals surface area contributed by atoms with Crippen molar-refractivity contribution in [3.63, 3.8) is 0 Å². The molecule has 0 aliphatic carbocycles. The van der Waals surface area contributed by atoms with Crippen LogP contribution >= 0.6 is 0 Å². The van der Waals surface area contributed by atoms with Gasteiger partial charge in [-0.25, -0.2) is 5.84 Å². The molecule has 0 saturated heterocycles. The summed E-state index contributed by atoms with van der Waals surface area (Å²) < 4.78 is 0. The first-order valence-corrected chi connectivity index (χ1v) is 7.31. The number of nitrogen functional groups attached to an aromatic ring is 1. The SMILES string of the molecule is NNC(=O)c1ccccc1.c1ccc2c(c1)[nH]c1ccccc12. The molecular weight excluding hydrogens is 286 g/mol. The van der Waals surface area contributed by atoms with Crippen LogP contribution in [0.4, 0.5) is 0 Å². The summed E-state index contributed by atoms with van der Waals surface area (Å²) in [5.74, 6) is 4.64. The maximum atomic E-state index is 10.8. The lowest BCUT2D eigenvalue weighted by atomic mass is 10.2. The Bertz CT molecular complexity index is 879. The van der Waals surface area contributed by atoms with E-state index in [1.165, 1.54) is 21.8 Å². The normalized spacial score (nSPS) is 10.1. The van der Waals surface area contributed by atoms with E-state index in [-0.39, 0.29) is 5.91 Å². The first-order chi connectivity index (χ1) is 11.3. The summed E-state index contributed by atoms with van der Waals surface area (Å²) >= 11 is 0. The maximum Gasteiger partial charge on any atom is 0.265 e. The van der Waals surface area contributed by atoms with Crippen LogP contribution in [0.1, 0.15) is 10.4 Å². The Morgan fingerprint density at radius 2 is 1.22 bits per heavy atom. The molecule has 4 nitrogen and oxygen atoms in total. The third-order valence-corrected chi connectivity index (χ3v) is 3.58. The van der Waals surface area contributed by atoms with Crippen LogP contribution in [0, 0.1) is 0 Å². The van der Waals surface area contributed by atoms with Crippen molar-refractivity contribution in [1.82, 2.24) is 10.4 Å². The van der Waals surface area contributed by atoms with Crippen molar-refractivity contribution < 1.29 is 4.79 Å². The van der Waals surface area contributed by atoms with Gasteiger partial charge in [-0.05, 0) is 24.3 Å². The zero-order valence-electron chi connectivity index (χ0n) is 12.5. The number of hydrogen-bond acceptors (Lipinski definition) is 2. The summed E-state index contributed by atoms with van der Waals surface area (Å²) in [6, 6.07) is 25.6. The highest BCUT2D eigenvalue weighted by Crippen LogP contribution is 2.24. The number of H-pyrrole nitrogens is 1. The van der Waals surface area contributed by atoms with E-state index >= 15 is 0 Å². The van der Waals surface area contributed by atoms with E-state index in [2.05, 4.69) is 53.5 Å². The minimum Gasteiger partial charge on any atom is -0.355 e. The molecule has 1 amide bonds. The molecule has 23 heavy (non-hydrogen) atoms. The van der Waals surface area contributed by atoms with E-state index < -0.39 is 0 Å². The standard InChI is InChI=1S/C12H9N.C7H8N2O/c1-3-7-11-9(5-1)10-6-2-4-8-12(10)13-11;8-9-7(10)6-4-2-1-3-5-6/h1-8,13H;1-5H,8H2,(H,9,10). The summed E-state index contributed by atoms with van der Waals surface area (Å²) in [7, 11) is 0. The molecule has 0 aliphatic rings. The average molecular weight is 303 g/mol. The summed E-state index contributed by atoms with van der Waals surface area (Å²) in [4.78, 5) is 14.2. The van der Waals surface area contributed by atoms with E-state index in [1.54, 1.807) is 24.3 Å². The number of aromatic nitrogens is 1. The van der Waals surface area contributed by atoms with Gasteiger partial charge in [0.15, 0.2) is 0 Å². The highest BCUT2D eigenvalue weighted by molar-refractivity contribution is 6.06. The number of amides is 1. The van der Waals surface area contributed by atoms with Crippen LogP contribution in [0.5, 0.6) is 0 Å². The van der Waals surface area contributed by atoms with Gasteiger partial charge in [0.05, 0.1) is 0 Å². The van der Waals surface area contributed by atoms with Crippen LogP contribution in [-0.4, -0.2) is 10.9 Å². The Morgan fingerprint density at radius 3 is 1.74 bits per heavy atom. The summed E-state index contributed by atoms with van der Waals surface area (Å²) in [5.41, 5.74) is 5.04. The summed E-state index contributed by atoms with van der Waals surface area (Å²) in [6.07, 6.45) is 0. The monoisotopic (exact) mass is 303 g/mol. The van der Waals surface area contributed by atoms with Gasteiger partial charge in [-0.15, -0.1) is 0 Å². The molecule has 1 aromatic heterocycles. The lowest BCUT2D eigenvalue weighted by Crippen LogP contribution is -2.29. The number of nitrogens with one attached hydrogen (secondary N) is 2. The second-order valence-electron chi connectivity index (χ2n) is 5.06. The molecule has 1 heterocycles. The molecular formula is C19H17N3O. The van der Waals surface area contributed by atoms with Crippen LogP contribution in [0.25, 0.3) is 21.8 Å². The number of hydrazine groups is 1. The number of para-hydroxylation sites is 2. The summed E-state index contributed by atoms with van der Waals surface area (Å²) in [6.45, 7) is 0.